The minimum absolute atomic E-state index is 0.102. The maximum absolute atomic E-state index is 13.3. The molecule has 3 N–H and O–H groups in total. The van der Waals surface area contributed by atoms with Crippen LogP contribution in [0.15, 0.2) is 59.0 Å². The van der Waals surface area contributed by atoms with Gasteiger partial charge in [-0.05, 0) is 74.6 Å². The molecule has 2 aromatic heterocycles. The van der Waals surface area contributed by atoms with Crippen LogP contribution in [0.25, 0.3) is 0 Å². The third kappa shape index (κ3) is 7.32. The van der Waals surface area contributed by atoms with E-state index in [-0.39, 0.29) is 47.4 Å². The van der Waals surface area contributed by atoms with Gasteiger partial charge in [0.05, 0.1) is 38.1 Å². The van der Waals surface area contributed by atoms with Crippen LogP contribution >= 0.6 is 11.8 Å². The van der Waals surface area contributed by atoms with Gasteiger partial charge in [-0.2, -0.15) is 21.7 Å². The number of hydrogen-bond donors (Lipinski definition) is 3. The fourth-order valence-electron chi connectivity index (χ4n) is 5.75. The monoisotopic (exact) mass is 646 g/mol. The van der Waals surface area contributed by atoms with Crippen LogP contribution in [0.1, 0.15) is 71.8 Å². The van der Waals surface area contributed by atoms with E-state index in [1.807, 2.05) is 18.2 Å². The average Bonchev–Trinajstić information content (AvgIpc) is 3.56. The van der Waals surface area contributed by atoms with E-state index in [9.17, 15) is 9.90 Å². The second kappa shape index (κ2) is 13.7. The molecule has 0 spiro atoms. The van der Waals surface area contributed by atoms with Gasteiger partial charge in [0.25, 0.3) is 5.91 Å². The predicted octanol–water partition coefficient (Wildman–Crippen LogP) is 6.44. The number of hydrogen-bond acceptors (Lipinski definition) is 10. The first kappa shape index (κ1) is 33.3. The highest BCUT2D eigenvalue weighted by atomic mass is 32.2. The number of nitrogens with zero attached hydrogens (tertiary/aromatic N) is 2. The molecule has 0 saturated heterocycles. The Morgan fingerprint density at radius 2 is 1.63 bits per heavy atom. The summed E-state index contributed by atoms with van der Waals surface area (Å²) in [5, 5.41) is 15.9. The molecule has 1 unspecified atom stereocenters. The van der Waals surface area contributed by atoms with Gasteiger partial charge in [0.1, 0.15) is 5.76 Å². The van der Waals surface area contributed by atoms with Crippen LogP contribution in [0.2, 0.25) is 0 Å². The van der Waals surface area contributed by atoms with Gasteiger partial charge in [0.2, 0.25) is 17.7 Å². The molecular formula is C35H42N4O6S. The van der Waals surface area contributed by atoms with Gasteiger partial charge in [-0.25, -0.2) is 0 Å². The van der Waals surface area contributed by atoms with E-state index >= 15 is 0 Å². The summed E-state index contributed by atoms with van der Waals surface area (Å²) < 4.78 is 23.3. The Morgan fingerprint density at radius 1 is 0.978 bits per heavy atom. The lowest BCUT2D eigenvalue weighted by Crippen LogP contribution is -2.28. The quantitative estimate of drug-likeness (QED) is 0.149. The Bertz CT molecular complexity index is 1660. The molecule has 1 aliphatic rings. The number of ether oxygens (including phenoxy) is 3. The molecule has 0 saturated carbocycles. The first-order valence-corrected chi connectivity index (χ1v) is 16.3. The summed E-state index contributed by atoms with van der Waals surface area (Å²) in [5.74, 6) is 2.11. The summed E-state index contributed by atoms with van der Waals surface area (Å²) in [4.78, 5) is 22.1. The molecule has 46 heavy (non-hydrogen) atoms. The Kier molecular flexibility index (Phi) is 9.95. The van der Waals surface area contributed by atoms with Crippen LogP contribution in [-0.2, 0) is 28.1 Å². The van der Waals surface area contributed by atoms with Crippen LogP contribution < -0.4 is 20.1 Å². The highest BCUT2D eigenvalue weighted by Gasteiger charge is 2.43. The molecule has 11 heteroatoms. The Balaban J connectivity index is 1.27. The molecular weight excluding hydrogens is 604 g/mol. The number of amides is 1. The van der Waals surface area contributed by atoms with Gasteiger partial charge in [0.15, 0.2) is 11.4 Å². The topological polar surface area (TPSA) is 128 Å². The zero-order valence-electron chi connectivity index (χ0n) is 27.4. The molecule has 0 bridgehead atoms. The number of nitrogens with one attached hydrogen (secondary N) is 2. The van der Waals surface area contributed by atoms with Gasteiger partial charge >= 0.3 is 0 Å². The molecule has 3 heterocycles. The molecule has 10 nitrogen and oxygen atoms in total. The number of methoxy groups -OCH3 is 2. The summed E-state index contributed by atoms with van der Waals surface area (Å²) in [6.45, 7) is 10.3. The number of fused-ring (bicyclic) bond motifs is 1. The highest BCUT2D eigenvalue weighted by molar-refractivity contribution is 7.98. The number of aliphatic hydroxyl groups excluding tert-OH is 1. The number of carbonyl (C=O) groups excluding carboxylic acids is 1. The van der Waals surface area contributed by atoms with Crippen molar-refractivity contribution in [3.8, 4) is 11.8 Å². The van der Waals surface area contributed by atoms with Crippen molar-refractivity contribution in [3.63, 3.8) is 0 Å². The second-order valence-electron chi connectivity index (χ2n) is 12.3. The largest absolute Gasteiger partial charge is 0.479 e. The fourth-order valence-corrected chi connectivity index (χ4v) is 6.77. The molecule has 1 atom stereocenters. The van der Waals surface area contributed by atoms with Crippen LogP contribution in [0.3, 0.4) is 0 Å². The fraction of sp³-hybridized carbons (Fsp3) is 0.400. The Labute approximate surface area is 274 Å². The number of furan rings is 1. The zero-order valence-corrected chi connectivity index (χ0v) is 28.2. The third-order valence-electron chi connectivity index (χ3n) is 7.99. The number of thioether (sulfide) groups is 1. The van der Waals surface area contributed by atoms with Crippen molar-refractivity contribution in [1.29, 1.82) is 0 Å². The summed E-state index contributed by atoms with van der Waals surface area (Å²) in [6, 6.07) is 17.6. The van der Waals surface area contributed by atoms with Crippen molar-refractivity contribution < 1.29 is 28.5 Å². The first-order chi connectivity index (χ1) is 21.9. The number of rotatable bonds is 13. The molecule has 4 aromatic rings. The molecule has 1 aliphatic heterocycles. The van der Waals surface area contributed by atoms with Gasteiger partial charge in [0, 0.05) is 17.9 Å². The van der Waals surface area contributed by atoms with Gasteiger partial charge in [-0.15, -0.1) is 0 Å². The lowest BCUT2D eigenvalue weighted by molar-refractivity contribution is -0.105. The van der Waals surface area contributed by atoms with E-state index in [0.717, 1.165) is 22.4 Å². The molecule has 0 fully saturated rings. The molecule has 0 radical (unpaired) electrons. The van der Waals surface area contributed by atoms with Crippen LogP contribution in [0, 0.1) is 6.92 Å². The van der Waals surface area contributed by atoms with Crippen molar-refractivity contribution in [2.45, 2.75) is 64.0 Å². The minimum atomic E-state index is -0.500. The molecule has 0 aliphatic carbocycles. The van der Waals surface area contributed by atoms with Crippen molar-refractivity contribution in [2.75, 3.05) is 37.2 Å². The maximum atomic E-state index is 13.3. The van der Waals surface area contributed by atoms with Crippen molar-refractivity contribution >= 4 is 29.3 Å². The lowest BCUT2D eigenvalue weighted by Gasteiger charge is -2.24. The molecule has 2 aromatic carbocycles. The lowest BCUT2D eigenvalue weighted by atomic mass is 9.86. The van der Waals surface area contributed by atoms with E-state index in [4.69, 9.17) is 18.6 Å². The number of aromatic nitrogens is 2. The number of benzene rings is 2. The maximum Gasteiger partial charge on any atom is 0.291 e. The zero-order chi connectivity index (χ0) is 33.1. The number of aryl methyl sites for hydroxylation is 1. The van der Waals surface area contributed by atoms with E-state index in [2.05, 4.69) is 79.5 Å². The Morgan fingerprint density at radius 3 is 2.26 bits per heavy atom. The average molecular weight is 647 g/mol. The number of carbonyl (C=O) groups is 1. The van der Waals surface area contributed by atoms with Gasteiger partial charge in [-0.3, -0.25) is 4.79 Å². The first-order valence-electron chi connectivity index (χ1n) is 15.2. The normalized spacial score (nSPS) is 15.2. The van der Waals surface area contributed by atoms with E-state index in [1.165, 1.54) is 25.3 Å². The van der Waals surface area contributed by atoms with Crippen LogP contribution in [-0.4, -0.2) is 53.6 Å². The summed E-state index contributed by atoms with van der Waals surface area (Å²) in [7, 11) is 2.88. The summed E-state index contributed by atoms with van der Waals surface area (Å²) in [6.07, 6.45) is 0.522. The van der Waals surface area contributed by atoms with Gasteiger partial charge < -0.3 is 34.4 Å². The molecule has 1 amide bonds. The van der Waals surface area contributed by atoms with E-state index < -0.39 is 11.5 Å². The van der Waals surface area contributed by atoms with Crippen molar-refractivity contribution in [1.82, 2.24) is 9.97 Å². The minimum Gasteiger partial charge on any atom is -0.479 e. The highest BCUT2D eigenvalue weighted by Crippen LogP contribution is 2.47. The number of anilines is 2. The summed E-state index contributed by atoms with van der Waals surface area (Å²) in [5.41, 5.74) is 5.20. The predicted molar refractivity (Wildman–Crippen MR) is 180 cm³/mol. The summed E-state index contributed by atoms with van der Waals surface area (Å²) >= 11 is 1.68. The molecule has 244 valence electrons. The van der Waals surface area contributed by atoms with E-state index in [1.54, 1.807) is 23.9 Å². The Hall–Kier alpha value is -4.06. The van der Waals surface area contributed by atoms with Crippen molar-refractivity contribution in [3.05, 3.63) is 93.9 Å². The third-order valence-corrected chi connectivity index (χ3v) is 9.16. The van der Waals surface area contributed by atoms with Crippen LogP contribution in [0.4, 0.5) is 11.6 Å². The van der Waals surface area contributed by atoms with Gasteiger partial charge in [-0.1, -0.05) is 42.5 Å². The number of aliphatic hydroxyl groups is 1. The smallest absolute Gasteiger partial charge is 0.291 e. The SMILES string of the molecule is COc1nc(NC(CO)CSCc2ccccc2)nc(OC)c1NC(=O)c1ccc(Cc2cc3c(cc2C)C(C)(C)OC3(C)C)o1. The van der Waals surface area contributed by atoms with E-state index in [0.29, 0.717) is 17.9 Å². The van der Waals surface area contributed by atoms with Crippen molar-refractivity contribution in [2.24, 2.45) is 0 Å². The molecule has 5 rings (SSSR count). The standard InChI is InChI=1S/C35H42N4O6S/c1-21-15-26-27(35(4,5)45-34(26,2)3)17-23(21)16-25-13-14-28(44-25)30(41)37-29-31(42-6)38-33(39-32(29)43-7)36-24(18-40)20-46-19-22-11-9-8-10-12-22/h8-15,17,24,40H,16,18-20H2,1-7H3,(H,37,41)(H,36,38,39). The van der Waals surface area contributed by atoms with Crippen LogP contribution in [0.5, 0.6) is 11.8 Å². The second-order valence-corrected chi connectivity index (χ2v) is 13.3.